The highest BCUT2D eigenvalue weighted by atomic mass is 32.2. The molecule has 2 amide bonds. The fourth-order valence-corrected chi connectivity index (χ4v) is 8.21. The van der Waals surface area contributed by atoms with Crippen molar-refractivity contribution in [2.75, 3.05) is 12.3 Å². The van der Waals surface area contributed by atoms with E-state index in [1.165, 1.54) is 0 Å². The highest BCUT2D eigenvalue weighted by Gasteiger charge is 2.35. The van der Waals surface area contributed by atoms with Crippen molar-refractivity contribution in [3.8, 4) is 0 Å². The molecule has 12 heteroatoms. The second-order valence-corrected chi connectivity index (χ2v) is 14.8. The van der Waals surface area contributed by atoms with Gasteiger partial charge in [0.15, 0.2) is 9.84 Å². The van der Waals surface area contributed by atoms with Crippen LogP contribution in [0.15, 0.2) is 42.5 Å². The van der Waals surface area contributed by atoms with E-state index in [1.54, 1.807) is 0 Å². The Morgan fingerprint density at radius 2 is 1.57 bits per heavy atom. The van der Waals surface area contributed by atoms with E-state index in [0.29, 0.717) is 45.1 Å². The van der Waals surface area contributed by atoms with Crippen molar-refractivity contribution < 1.29 is 36.6 Å². The number of carbonyl (C=O) groups excluding carboxylic acids is 2. The molecule has 3 atom stereocenters. The lowest BCUT2D eigenvalue weighted by Crippen LogP contribution is -2.57. The molecule has 262 valence electrons. The molecule has 0 saturated heterocycles. The van der Waals surface area contributed by atoms with Gasteiger partial charge in [-0.15, -0.1) is 0 Å². The van der Waals surface area contributed by atoms with Crippen LogP contribution >= 0.6 is 0 Å². The molecule has 1 aliphatic carbocycles. The number of alkyl carbamates (subject to hydrolysis) is 1. The number of halogens is 2. The summed E-state index contributed by atoms with van der Waals surface area (Å²) in [7, 11) is -3.85. The normalized spacial score (nSPS) is 15.7. The van der Waals surface area contributed by atoms with Crippen molar-refractivity contribution in [1.82, 2.24) is 16.0 Å². The molecule has 47 heavy (non-hydrogen) atoms. The van der Waals surface area contributed by atoms with Crippen molar-refractivity contribution in [3.63, 3.8) is 0 Å². The quantitative estimate of drug-likeness (QED) is 0.162. The summed E-state index contributed by atoms with van der Waals surface area (Å²) in [5.41, 5.74) is 2.34. The Morgan fingerprint density at radius 3 is 2.19 bits per heavy atom. The summed E-state index contributed by atoms with van der Waals surface area (Å²) in [5, 5.41) is 18.9. The van der Waals surface area contributed by atoms with Crippen LogP contribution in [0.2, 0.25) is 0 Å². The number of benzene rings is 2. The molecule has 0 heterocycles. The van der Waals surface area contributed by atoms with E-state index in [4.69, 9.17) is 4.74 Å². The highest BCUT2D eigenvalue weighted by molar-refractivity contribution is 7.92. The molecule has 0 spiro atoms. The third kappa shape index (κ3) is 12.8. The Labute approximate surface area is 278 Å². The number of aliphatic hydroxyl groups is 1. The van der Waals surface area contributed by atoms with E-state index < -0.39 is 62.7 Å². The minimum Gasteiger partial charge on any atom is -0.446 e. The largest absolute Gasteiger partial charge is 0.446 e. The van der Waals surface area contributed by atoms with Crippen molar-refractivity contribution in [2.45, 2.75) is 121 Å². The van der Waals surface area contributed by atoms with Gasteiger partial charge in [0.1, 0.15) is 23.8 Å². The maximum Gasteiger partial charge on any atom is 0.408 e. The van der Waals surface area contributed by atoms with Gasteiger partial charge in [0.05, 0.1) is 23.1 Å². The van der Waals surface area contributed by atoms with Gasteiger partial charge in [-0.05, 0) is 80.2 Å². The Kier molecular flexibility index (Phi) is 15.5. The van der Waals surface area contributed by atoms with Crippen LogP contribution in [0.3, 0.4) is 0 Å². The molecule has 0 radical (unpaired) electrons. The van der Waals surface area contributed by atoms with Crippen LogP contribution in [0.5, 0.6) is 0 Å². The zero-order valence-corrected chi connectivity index (χ0v) is 28.6. The van der Waals surface area contributed by atoms with Crippen LogP contribution in [-0.4, -0.2) is 67.4 Å². The van der Waals surface area contributed by atoms with Gasteiger partial charge in [-0.2, -0.15) is 0 Å². The molecule has 0 aliphatic heterocycles. The zero-order valence-electron chi connectivity index (χ0n) is 27.8. The number of rotatable bonds is 19. The molecule has 1 unspecified atom stereocenters. The third-order valence-corrected chi connectivity index (χ3v) is 10.9. The number of carbonyl (C=O) groups is 2. The summed E-state index contributed by atoms with van der Waals surface area (Å²) >= 11 is 0. The van der Waals surface area contributed by atoms with Crippen LogP contribution in [0.4, 0.5) is 13.6 Å². The molecule has 2 aromatic carbocycles. The van der Waals surface area contributed by atoms with Gasteiger partial charge < -0.3 is 25.8 Å². The van der Waals surface area contributed by atoms with Crippen LogP contribution in [-0.2, 0) is 38.8 Å². The van der Waals surface area contributed by atoms with Gasteiger partial charge in [-0.1, -0.05) is 57.9 Å². The minimum atomic E-state index is -3.85. The molecule has 0 aromatic heterocycles. The minimum absolute atomic E-state index is 0.00822. The number of hydrogen-bond acceptors (Lipinski definition) is 7. The Bertz CT molecular complexity index is 1380. The summed E-state index contributed by atoms with van der Waals surface area (Å²) in [6.45, 7) is 6.25. The Hall–Kier alpha value is -3.09. The van der Waals surface area contributed by atoms with Gasteiger partial charge in [-0.25, -0.2) is 22.0 Å². The lowest BCUT2D eigenvalue weighted by Gasteiger charge is -2.28. The van der Waals surface area contributed by atoms with E-state index >= 15 is 0 Å². The maximum atomic E-state index is 14.1. The van der Waals surface area contributed by atoms with Crippen LogP contribution < -0.4 is 16.0 Å². The highest BCUT2D eigenvalue weighted by Crippen LogP contribution is 2.22. The number of aryl methyl sites for hydroxylation is 1. The lowest BCUT2D eigenvalue weighted by molar-refractivity contribution is -0.124. The summed E-state index contributed by atoms with van der Waals surface area (Å²) in [6.07, 6.45) is 3.53. The topological polar surface area (TPSA) is 134 Å². The van der Waals surface area contributed by atoms with Gasteiger partial charge in [0.25, 0.3) is 0 Å². The van der Waals surface area contributed by atoms with Gasteiger partial charge in [0, 0.05) is 19.2 Å². The molecular weight excluding hydrogens is 628 g/mol. The van der Waals surface area contributed by atoms with Crippen molar-refractivity contribution in [2.24, 2.45) is 0 Å². The van der Waals surface area contributed by atoms with Crippen molar-refractivity contribution in [1.29, 1.82) is 0 Å². The van der Waals surface area contributed by atoms with Crippen LogP contribution in [0, 0.1) is 11.6 Å². The SMILES string of the molecule is CCCC(CCC)S(=O)(=O)CC(NC(=O)OC1CCCC1)C(=O)N[C@@H](Cc1cc(F)cc(F)c1)[C@H](O)CNCc1cccc(CC)c1. The average molecular weight is 680 g/mol. The lowest BCUT2D eigenvalue weighted by atomic mass is 10.00. The van der Waals surface area contributed by atoms with E-state index in [2.05, 4.69) is 16.0 Å². The van der Waals surface area contributed by atoms with Crippen LogP contribution in [0.1, 0.15) is 88.8 Å². The number of aliphatic hydroxyl groups excluding tert-OH is 1. The first-order valence-electron chi connectivity index (χ1n) is 16.8. The van der Waals surface area contributed by atoms with E-state index in [9.17, 15) is 31.9 Å². The van der Waals surface area contributed by atoms with E-state index in [0.717, 1.165) is 48.6 Å². The number of sulfone groups is 1. The zero-order chi connectivity index (χ0) is 34.4. The molecule has 4 N–H and O–H groups in total. The maximum absolute atomic E-state index is 14.1. The molecule has 1 aliphatic rings. The predicted molar refractivity (Wildman–Crippen MR) is 179 cm³/mol. The summed E-state index contributed by atoms with van der Waals surface area (Å²) in [4.78, 5) is 26.7. The fraction of sp³-hybridized carbons (Fsp3) is 0.600. The number of ether oxygens (including phenoxy) is 1. The molecular formula is C35H51F2N3O6S. The molecule has 3 rings (SSSR count). The summed E-state index contributed by atoms with van der Waals surface area (Å²) < 4.78 is 60.7. The molecule has 9 nitrogen and oxygen atoms in total. The summed E-state index contributed by atoms with van der Waals surface area (Å²) in [5.74, 6) is -3.13. The monoisotopic (exact) mass is 679 g/mol. The van der Waals surface area contributed by atoms with Gasteiger partial charge in [-0.3, -0.25) is 4.79 Å². The Morgan fingerprint density at radius 1 is 0.936 bits per heavy atom. The smallest absolute Gasteiger partial charge is 0.408 e. The van der Waals surface area contributed by atoms with Crippen LogP contribution in [0.25, 0.3) is 0 Å². The van der Waals surface area contributed by atoms with Crippen molar-refractivity contribution >= 4 is 21.8 Å². The number of amides is 2. The van der Waals surface area contributed by atoms with Gasteiger partial charge >= 0.3 is 6.09 Å². The van der Waals surface area contributed by atoms with Crippen molar-refractivity contribution in [3.05, 3.63) is 70.8 Å². The third-order valence-electron chi connectivity index (χ3n) is 8.56. The predicted octanol–water partition coefficient (Wildman–Crippen LogP) is 5.13. The molecule has 2 aromatic rings. The second kappa shape index (κ2) is 19.0. The second-order valence-electron chi connectivity index (χ2n) is 12.5. The summed E-state index contributed by atoms with van der Waals surface area (Å²) in [6, 6.07) is 8.28. The first-order chi connectivity index (χ1) is 22.4. The number of hydrogen-bond donors (Lipinski definition) is 4. The first-order valence-corrected chi connectivity index (χ1v) is 18.6. The molecule has 0 bridgehead atoms. The van der Waals surface area contributed by atoms with E-state index in [1.807, 2.05) is 45.0 Å². The van der Waals surface area contributed by atoms with E-state index in [-0.39, 0.29) is 24.6 Å². The molecule has 1 saturated carbocycles. The Balaban J connectivity index is 1.83. The first kappa shape index (κ1) is 38.4. The standard InChI is InChI=1S/C35H51F2N3O6S/c1-4-10-30(11-5-2)47(44,45)23-32(40-35(43)46-29-14-7-8-15-29)34(42)39-31(19-26-17-27(36)20-28(37)18-26)33(41)22-38-21-25-13-9-12-24(6-3)16-25/h9,12-13,16-18,20,29-33,38,41H,4-8,10-11,14-15,19,21-23H2,1-3H3,(H,39,42)(H,40,43)/t31-,32?,33+/m0/s1. The fourth-order valence-electron chi connectivity index (χ4n) is 6.05. The van der Waals surface area contributed by atoms with Gasteiger partial charge in [0.2, 0.25) is 5.91 Å². The number of nitrogens with one attached hydrogen (secondary N) is 3. The average Bonchev–Trinajstić information content (AvgIpc) is 3.52. The molecule has 1 fully saturated rings.